The predicted octanol–water partition coefficient (Wildman–Crippen LogP) is 0.826. The van der Waals surface area contributed by atoms with Gasteiger partial charge in [0.1, 0.15) is 5.82 Å². The highest BCUT2D eigenvalue weighted by Gasteiger charge is 2.11. The zero-order chi connectivity index (χ0) is 11.9. The van der Waals surface area contributed by atoms with Crippen LogP contribution in [0.1, 0.15) is 6.92 Å². The number of imidazole rings is 1. The molecule has 0 bridgehead atoms. The first kappa shape index (κ1) is 10.9. The van der Waals surface area contributed by atoms with Crippen LogP contribution < -0.4 is 11.4 Å². The lowest BCUT2D eigenvalue weighted by atomic mass is 10.3. The summed E-state index contributed by atoms with van der Waals surface area (Å²) in [5.74, 6) is -0.346. The van der Waals surface area contributed by atoms with Gasteiger partial charge in [0, 0.05) is 19.6 Å². The summed E-state index contributed by atoms with van der Waals surface area (Å²) in [7, 11) is 1.63. The van der Waals surface area contributed by atoms with Gasteiger partial charge in [-0.3, -0.25) is 9.13 Å². The Balaban J connectivity index is 2.74. The van der Waals surface area contributed by atoms with Crippen LogP contribution in [0.25, 0.3) is 11.0 Å². The summed E-state index contributed by atoms with van der Waals surface area (Å²) in [6.07, 6.45) is 0. The van der Waals surface area contributed by atoms with Crippen molar-refractivity contribution in [2.45, 2.75) is 19.5 Å². The Bertz CT molecular complexity index is 583. The molecule has 2 aromatic rings. The largest absolute Gasteiger partial charge is 0.328 e. The van der Waals surface area contributed by atoms with Crippen LogP contribution in [-0.4, -0.2) is 15.2 Å². The molecule has 1 aromatic heterocycles. The number of nitrogens with zero attached hydrogens (tertiary/aromatic N) is 2. The number of rotatable bonds is 2. The van der Waals surface area contributed by atoms with Crippen LogP contribution in [-0.2, 0) is 13.6 Å². The van der Waals surface area contributed by atoms with Crippen molar-refractivity contribution in [1.29, 1.82) is 0 Å². The number of fused-ring (bicyclic) bond motifs is 1. The number of benzene rings is 1. The molecule has 0 spiro atoms. The molecule has 1 unspecified atom stereocenters. The molecular weight excluding hydrogens is 209 g/mol. The van der Waals surface area contributed by atoms with E-state index in [4.69, 9.17) is 5.73 Å². The van der Waals surface area contributed by atoms with Gasteiger partial charge < -0.3 is 5.73 Å². The third-order valence-corrected chi connectivity index (χ3v) is 2.58. The first-order valence-corrected chi connectivity index (χ1v) is 5.11. The highest BCUT2D eigenvalue weighted by atomic mass is 19.1. The number of hydrogen-bond acceptors (Lipinski definition) is 2. The lowest BCUT2D eigenvalue weighted by molar-refractivity contribution is 0.577. The molecule has 0 radical (unpaired) electrons. The maximum Gasteiger partial charge on any atom is 0.328 e. The summed E-state index contributed by atoms with van der Waals surface area (Å²) < 4.78 is 16.1. The summed E-state index contributed by atoms with van der Waals surface area (Å²) >= 11 is 0. The minimum Gasteiger partial charge on any atom is -0.326 e. The van der Waals surface area contributed by atoms with Gasteiger partial charge in [-0.1, -0.05) is 0 Å². The van der Waals surface area contributed by atoms with E-state index in [1.807, 2.05) is 6.92 Å². The van der Waals surface area contributed by atoms with E-state index in [9.17, 15) is 9.18 Å². The molecule has 0 saturated heterocycles. The number of nitrogens with two attached hydrogens (primary N) is 1. The number of aryl methyl sites for hydroxylation is 1. The van der Waals surface area contributed by atoms with Gasteiger partial charge in [-0.2, -0.15) is 0 Å². The fraction of sp³-hybridized carbons (Fsp3) is 0.364. The van der Waals surface area contributed by atoms with Crippen molar-refractivity contribution in [3.63, 3.8) is 0 Å². The zero-order valence-corrected chi connectivity index (χ0v) is 9.27. The van der Waals surface area contributed by atoms with Gasteiger partial charge in [-0.25, -0.2) is 9.18 Å². The molecule has 0 aliphatic carbocycles. The molecule has 0 aliphatic heterocycles. The van der Waals surface area contributed by atoms with E-state index in [0.29, 0.717) is 17.6 Å². The van der Waals surface area contributed by atoms with Gasteiger partial charge in [0.2, 0.25) is 0 Å². The maximum atomic E-state index is 13.1. The summed E-state index contributed by atoms with van der Waals surface area (Å²) in [6, 6.07) is 4.19. The van der Waals surface area contributed by atoms with Crippen molar-refractivity contribution in [1.82, 2.24) is 9.13 Å². The minimum atomic E-state index is -0.346. The average molecular weight is 223 g/mol. The van der Waals surface area contributed by atoms with Crippen LogP contribution in [0.2, 0.25) is 0 Å². The van der Waals surface area contributed by atoms with Crippen LogP contribution in [0.5, 0.6) is 0 Å². The molecule has 86 valence electrons. The van der Waals surface area contributed by atoms with Crippen molar-refractivity contribution in [3.05, 3.63) is 34.5 Å². The fourth-order valence-electron chi connectivity index (χ4n) is 1.85. The zero-order valence-electron chi connectivity index (χ0n) is 9.27. The van der Waals surface area contributed by atoms with Gasteiger partial charge in [0.05, 0.1) is 11.0 Å². The lowest BCUT2D eigenvalue weighted by Gasteiger charge is -2.05. The van der Waals surface area contributed by atoms with E-state index >= 15 is 0 Å². The van der Waals surface area contributed by atoms with Crippen LogP contribution in [0.4, 0.5) is 4.39 Å². The highest BCUT2D eigenvalue weighted by Crippen LogP contribution is 2.13. The third kappa shape index (κ3) is 1.63. The van der Waals surface area contributed by atoms with Crippen LogP contribution in [0, 0.1) is 5.82 Å². The number of aromatic nitrogens is 2. The fourth-order valence-corrected chi connectivity index (χ4v) is 1.85. The Morgan fingerprint density at radius 2 is 2.12 bits per heavy atom. The number of hydrogen-bond donors (Lipinski definition) is 1. The SMILES string of the molecule is CC(N)Cn1c(=O)n(C)c2cc(F)ccc21. The first-order chi connectivity index (χ1) is 7.50. The second-order valence-electron chi connectivity index (χ2n) is 4.06. The Labute approximate surface area is 92.1 Å². The van der Waals surface area contributed by atoms with Crippen LogP contribution in [0.15, 0.2) is 23.0 Å². The number of halogens is 1. The molecule has 2 N–H and O–H groups in total. The Morgan fingerprint density at radius 3 is 2.75 bits per heavy atom. The van der Waals surface area contributed by atoms with E-state index in [0.717, 1.165) is 0 Å². The van der Waals surface area contributed by atoms with E-state index in [1.54, 1.807) is 17.7 Å². The van der Waals surface area contributed by atoms with Gasteiger partial charge >= 0.3 is 5.69 Å². The van der Waals surface area contributed by atoms with Gasteiger partial charge in [-0.15, -0.1) is 0 Å². The molecule has 0 aliphatic rings. The Hall–Kier alpha value is -1.62. The van der Waals surface area contributed by atoms with E-state index in [2.05, 4.69) is 0 Å². The van der Waals surface area contributed by atoms with Gasteiger partial charge in [0.15, 0.2) is 0 Å². The Kier molecular flexibility index (Phi) is 2.55. The summed E-state index contributed by atoms with van der Waals surface area (Å²) in [5.41, 5.74) is 6.81. The van der Waals surface area contributed by atoms with Crippen molar-refractivity contribution in [2.75, 3.05) is 0 Å². The molecule has 0 fully saturated rings. The van der Waals surface area contributed by atoms with Crippen molar-refractivity contribution < 1.29 is 4.39 Å². The molecule has 4 nitrogen and oxygen atoms in total. The third-order valence-electron chi connectivity index (χ3n) is 2.58. The second-order valence-corrected chi connectivity index (χ2v) is 4.06. The van der Waals surface area contributed by atoms with Gasteiger partial charge in [0.25, 0.3) is 0 Å². The predicted molar refractivity (Wildman–Crippen MR) is 60.8 cm³/mol. The summed E-state index contributed by atoms with van der Waals surface area (Å²) in [6.45, 7) is 2.26. The normalized spacial score (nSPS) is 13.2. The molecule has 5 heteroatoms. The smallest absolute Gasteiger partial charge is 0.326 e. The minimum absolute atomic E-state index is 0.117. The molecule has 0 saturated carbocycles. The van der Waals surface area contributed by atoms with Crippen molar-refractivity contribution in [3.8, 4) is 0 Å². The summed E-state index contributed by atoms with van der Waals surface area (Å²) in [5, 5.41) is 0. The van der Waals surface area contributed by atoms with E-state index < -0.39 is 0 Å². The molecular formula is C11H14FN3O. The molecule has 2 rings (SSSR count). The molecule has 16 heavy (non-hydrogen) atoms. The molecule has 1 heterocycles. The van der Waals surface area contributed by atoms with Crippen molar-refractivity contribution >= 4 is 11.0 Å². The van der Waals surface area contributed by atoms with Crippen molar-refractivity contribution in [2.24, 2.45) is 12.8 Å². The van der Waals surface area contributed by atoms with Crippen LogP contribution >= 0.6 is 0 Å². The van der Waals surface area contributed by atoms with Crippen LogP contribution in [0.3, 0.4) is 0 Å². The monoisotopic (exact) mass is 223 g/mol. The quantitative estimate of drug-likeness (QED) is 0.819. The maximum absolute atomic E-state index is 13.1. The van der Waals surface area contributed by atoms with E-state index in [1.165, 1.54) is 16.7 Å². The van der Waals surface area contributed by atoms with Gasteiger partial charge in [-0.05, 0) is 25.1 Å². The second kappa shape index (κ2) is 3.75. The lowest BCUT2D eigenvalue weighted by Crippen LogP contribution is -2.30. The topological polar surface area (TPSA) is 52.9 Å². The highest BCUT2D eigenvalue weighted by molar-refractivity contribution is 5.76. The van der Waals surface area contributed by atoms with E-state index in [-0.39, 0.29) is 17.5 Å². The molecule has 1 aromatic carbocycles. The summed E-state index contributed by atoms with van der Waals surface area (Å²) in [4.78, 5) is 11.9. The molecule has 1 atom stereocenters. The Morgan fingerprint density at radius 1 is 1.44 bits per heavy atom. The molecule has 0 amide bonds. The average Bonchev–Trinajstić information content (AvgIpc) is 2.43. The standard InChI is InChI=1S/C11H14FN3O/c1-7(13)6-15-9-4-3-8(12)5-10(9)14(2)11(15)16/h3-5,7H,6,13H2,1-2H3. The first-order valence-electron chi connectivity index (χ1n) is 5.11.